The van der Waals surface area contributed by atoms with E-state index in [0.29, 0.717) is 21.2 Å². The van der Waals surface area contributed by atoms with Gasteiger partial charge in [0.2, 0.25) is 0 Å². The molecule has 6 heteroatoms. The topological polar surface area (TPSA) is 21.3 Å². The third-order valence-electron chi connectivity index (χ3n) is 1.79. The zero-order valence-electron chi connectivity index (χ0n) is 8.57. The number of nitrogens with one attached hydrogen (secondary N) is 1. The molecule has 0 unspecified atom stereocenters. The summed E-state index contributed by atoms with van der Waals surface area (Å²) in [5, 5.41) is 3.01. The first-order valence-corrected chi connectivity index (χ1v) is 6.16. The summed E-state index contributed by atoms with van der Waals surface area (Å²) in [6.07, 6.45) is -2.48. The van der Waals surface area contributed by atoms with Gasteiger partial charge in [-0.3, -0.25) is 0 Å². The van der Waals surface area contributed by atoms with Gasteiger partial charge >= 0.3 is 0 Å². The number of alkyl halides is 2. The van der Waals surface area contributed by atoms with Gasteiger partial charge in [0.05, 0.1) is 8.95 Å². The molecule has 0 aliphatic carbocycles. The molecule has 1 rings (SSSR count). The Morgan fingerprint density at radius 3 is 2.31 bits per heavy atom. The van der Waals surface area contributed by atoms with Crippen molar-refractivity contribution in [3.05, 3.63) is 26.6 Å². The Kier molecular flexibility index (Phi) is 5.64. The molecule has 0 saturated heterocycles. The summed E-state index contributed by atoms with van der Waals surface area (Å²) in [7, 11) is 1.84. The zero-order valence-corrected chi connectivity index (χ0v) is 11.7. The van der Waals surface area contributed by atoms with Gasteiger partial charge in [-0.2, -0.15) is 0 Å². The molecular formula is C10H11Br2F2NO. The highest BCUT2D eigenvalue weighted by atomic mass is 79.9. The van der Waals surface area contributed by atoms with Crippen LogP contribution in [-0.4, -0.2) is 20.1 Å². The van der Waals surface area contributed by atoms with Gasteiger partial charge in [0, 0.05) is 6.54 Å². The fourth-order valence-corrected chi connectivity index (χ4v) is 2.71. The highest BCUT2D eigenvalue weighted by Crippen LogP contribution is 2.34. The normalized spacial score (nSPS) is 10.9. The molecular weight excluding hydrogens is 348 g/mol. The van der Waals surface area contributed by atoms with E-state index in [0.717, 1.165) is 5.56 Å². The monoisotopic (exact) mass is 357 g/mol. The molecule has 1 aromatic carbocycles. The lowest BCUT2D eigenvalue weighted by atomic mass is 10.2. The van der Waals surface area contributed by atoms with Crippen LogP contribution >= 0.6 is 31.9 Å². The molecule has 0 aromatic heterocycles. The maximum atomic E-state index is 12.0. The van der Waals surface area contributed by atoms with Gasteiger partial charge in [0.15, 0.2) is 0 Å². The Hall–Kier alpha value is -0.200. The third-order valence-corrected chi connectivity index (χ3v) is 2.97. The lowest BCUT2D eigenvalue weighted by Crippen LogP contribution is -2.09. The number of hydrogen-bond donors (Lipinski definition) is 1. The maximum absolute atomic E-state index is 12.0. The Labute approximate surface area is 110 Å². The van der Waals surface area contributed by atoms with E-state index in [1.54, 1.807) is 0 Å². The van der Waals surface area contributed by atoms with Gasteiger partial charge < -0.3 is 10.1 Å². The fourth-order valence-electron chi connectivity index (χ4n) is 1.20. The number of rotatable bonds is 5. The largest absolute Gasteiger partial charge is 0.485 e. The SMILES string of the molecule is CNCc1cc(Br)c(OCC(F)F)c(Br)c1. The van der Waals surface area contributed by atoms with Gasteiger partial charge in [-0.05, 0) is 56.6 Å². The number of ether oxygens (including phenoxy) is 1. The van der Waals surface area contributed by atoms with E-state index in [9.17, 15) is 8.78 Å². The Morgan fingerprint density at radius 1 is 1.31 bits per heavy atom. The Balaban J connectivity index is 2.85. The van der Waals surface area contributed by atoms with Gasteiger partial charge in [-0.15, -0.1) is 0 Å². The van der Waals surface area contributed by atoms with E-state index in [4.69, 9.17) is 4.74 Å². The van der Waals surface area contributed by atoms with E-state index in [1.165, 1.54) is 0 Å². The van der Waals surface area contributed by atoms with Crippen LogP contribution < -0.4 is 10.1 Å². The first kappa shape index (κ1) is 13.9. The number of hydrogen-bond acceptors (Lipinski definition) is 2. The van der Waals surface area contributed by atoms with Crippen LogP contribution in [0, 0.1) is 0 Å². The summed E-state index contributed by atoms with van der Waals surface area (Å²) in [6, 6.07) is 3.67. The van der Waals surface area contributed by atoms with E-state index in [-0.39, 0.29) is 0 Å². The van der Waals surface area contributed by atoms with Crippen molar-refractivity contribution in [2.24, 2.45) is 0 Å². The lowest BCUT2D eigenvalue weighted by Gasteiger charge is -2.11. The second kappa shape index (κ2) is 6.51. The van der Waals surface area contributed by atoms with Gasteiger partial charge in [0.1, 0.15) is 12.4 Å². The standard InChI is InChI=1S/C10H11Br2F2NO/c1-15-4-6-2-7(11)10(8(12)3-6)16-5-9(13)14/h2-3,9,15H,4-5H2,1H3. The molecule has 0 bridgehead atoms. The van der Waals surface area contributed by atoms with Crippen LogP contribution in [0.1, 0.15) is 5.56 Å². The fraction of sp³-hybridized carbons (Fsp3) is 0.400. The van der Waals surface area contributed by atoms with Crippen molar-refractivity contribution < 1.29 is 13.5 Å². The van der Waals surface area contributed by atoms with Crippen molar-refractivity contribution in [3.63, 3.8) is 0 Å². The molecule has 0 aliphatic rings. The average molecular weight is 359 g/mol. The van der Waals surface area contributed by atoms with Crippen molar-refractivity contribution in [3.8, 4) is 5.75 Å². The Bertz CT molecular complexity index is 338. The van der Waals surface area contributed by atoms with Gasteiger partial charge in [-0.25, -0.2) is 8.78 Å². The average Bonchev–Trinajstić information content (AvgIpc) is 2.16. The molecule has 1 N–H and O–H groups in total. The first-order valence-electron chi connectivity index (χ1n) is 4.58. The predicted octanol–water partition coefficient (Wildman–Crippen LogP) is 3.57. The van der Waals surface area contributed by atoms with E-state index >= 15 is 0 Å². The van der Waals surface area contributed by atoms with Crippen molar-refractivity contribution in [2.75, 3.05) is 13.7 Å². The third kappa shape index (κ3) is 3.99. The molecule has 0 radical (unpaired) electrons. The van der Waals surface area contributed by atoms with Crippen molar-refractivity contribution in [1.29, 1.82) is 0 Å². The summed E-state index contributed by atoms with van der Waals surface area (Å²) in [5.41, 5.74) is 1.03. The zero-order chi connectivity index (χ0) is 12.1. The second-order valence-electron chi connectivity index (χ2n) is 3.12. The molecule has 0 fully saturated rings. The van der Waals surface area contributed by atoms with Crippen LogP contribution in [0.3, 0.4) is 0 Å². The summed E-state index contributed by atoms with van der Waals surface area (Å²) in [5.74, 6) is 0.403. The second-order valence-corrected chi connectivity index (χ2v) is 4.83. The minimum absolute atomic E-state index is 0.403. The van der Waals surface area contributed by atoms with E-state index < -0.39 is 13.0 Å². The summed E-state index contributed by atoms with van der Waals surface area (Å²) in [6.45, 7) is 0.0922. The maximum Gasteiger partial charge on any atom is 0.272 e. The van der Waals surface area contributed by atoms with Crippen LogP contribution in [0.4, 0.5) is 8.78 Å². The molecule has 0 amide bonds. The van der Waals surface area contributed by atoms with Crippen molar-refractivity contribution >= 4 is 31.9 Å². The highest BCUT2D eigenvalue weighted by Gasteiger charge is 2.11. The van der Waals surface area contributed by atoms with E-state index in [1.807, 2.05) is 19.2 Å². The summed E-state index contributed by atoms with van der Waals surface area (Å²) in [4.78, 5) is 0. The van der Waals surface area contributed by atoms with Crippen LogP contribution in [0.15, 0.2) is 21.1 Å². The minimum Gasteiger partial charge on any atom is -0.485 e. The number of benzene rings is 1. The van der Waals surface area contributed by atoms with Gasteiger partial charge in [-0.1, -0.05) is 0 Å². The Morgan fingerprint density at radius 2 is 1.88 bits per heavy atom. The van der Waals surface area contributed by atoms with Gasteiger partial charge in [0.25, 0.3) is 6.43 Å². The molecule has 0 spiro atoms. The molecule has 90 valence electrons. The molecule has 2 nitrogen and oxygen atoms in total. The van der Waals surface area contributed by atoms with Crippen LogP contribution in [0.2, 0.25) is 0 Å². The summed E-state index contributed by atoms with van der Waals surface area (Å²) >= 11 is 6.58. The lowest BCUT2D eigenvalue weighted by molar-refractivity contribution is 0.0811. The molecule has 16 heavy (non-hydrogen) atoms. The smallest absolute Gasteiger partial charge is 0.272 e. The van der Waals surface area contributed by atoms with Crippen LogP contribution in [-0.2, 0) is 6.54 Å². The van der Waals surface area contributed by atoms with Crippen molar-refractivity contribution in [1.82, 2.24) is 5.32 Å². The van der Waals surface area contributed by atoms with Crippen LogP contribution in [0.5, 0.6) is 5.75 Å². The van der Waals surface area contributed by atoms with Crippen LogP contribution in [0.25, 0.3) is 0 Å². The van der Waals surface area contributed by atoms with E-state index in [2.05, 4.69) is 37.2 Å². The molecule has 0 saturated carbocycles. The summed E-state index contributed by atoms with van der Waals surface area (Å²) < 4.78 is 30.4. The molecule has 0 heterocycles. The minimum atomic E-state index is -2.48. The molecule has 0 atom stereocenters. The molecule has 1 aromatic rings. The predicted molar refractivity (Wildman–Crippen MR) is 66.1 cm³/mol. The number of halogens is 4. The first-order chi connectivity index (χ1) is 7.54. The highest BCUT2D eigenvalue weighted by molar-refractivity contribution is 9.11. The quantitative estimate of drug-likeness (QED) is 0.868. The van der Waals surface area contributed by atoms with Crippen molar-refractivity contribution in [2.45, 2.75) is 13.0 Å². The molecule has 0 aliphatic heterocycles.